The van der Waals surface area contributed by atoms with Crippen LogP contribution in [0.25, 0.3) is 11.4 Å². The molecule has 146 valence electrons. The Balaban J connectivity index is 1.23. The summed E-state index contributed by atoms with van der Waals surface area (Å²) in [5.41, 5.74) is 1.82. The predicted octanol–water partition coefficient (Wildman–Crippen LogP) is 2.40. The number of pyridine rings is 1. The van der Waals surface area contributed by atoms with Crippen molar-refractivity contribution in [2.45, 2.75) is 25.9 Å². The molecule has 4 aromatic rings. The molecule has 1 amide bonds. The fourth-order valence-electron chi connectivity index (χ4n) is 2.80. The number of benzene rings is 1. The van der Waals surface area contributed by atoms with Gasteiger partial charge in [0, 0.05) is 30.4 Å². The van der Waals surface area contributed by atoms with Crippen LogP contribution in [0.1, 0.15) is 18.5 Å². The van der Waals surface area contributed by atoms with E-state index in [0.717, 1.165) is 11.3 Å². The zero-order valence-electron chi connectivity index (χ0n) is 15.7. The summed E-state index contributed by atoms with van der Waals surface area (Å²) in [6, 6.07) is 17.2. The molecule has 29 heavy (non-hydrogen) atoms. The molecule has 0 aliphatic carbocycles. The molecule has 1 aromatic carbocycles. The maximum atomic E-state index is 12.2. The molecule has 4 rings (SSSR count). The second kappa shape index (κ2) is 8.87. The van der Waals surface area contributed by atoms with Gasteiger partial charge in [-0.2, -0.15) is 9.90 Å². The molecule has 0 fully saturated rings. The second-order valence-corrected chi connectivity index (χ2v) is 6.45. The van der Waals surface area contributed by atoms with E-state index in [4.69, 9.17) is 0 Å². The van der Waals surface area contributed by atoms with Crippen molar-refractivity contribution in [3.05, 3.63) is 72.7 Å². The molecule has 3 heterocycles. The number of hydrogen-bond donors (Lipinski definition) is 1. The summed E-state index contributed by atoms with van der Waals surface area (Å²) in [5.74, 6) is 1.00. The minimum absolute atomic E-state index is 0.100. The van der Waals surface area contributed by atoms with Gasteiger partial charge < -0.3 is 5.32 Å². The molecule has 0 saturated carbocycles. The molecule has 1 N–H and O–H groups in total. The van der Waals surface area contributed by atoms with Gasteiger partial charge in [0.1, 0.15) is 0 Å². The van der Waals surface area contributed by atoms with Crippen molar-refractivity contribution >= 4 is 11.7 Å². The van der Waals surface area contributed by atoms with Gasteiger partial charge in [-0.1, -0.05) is 36.4 Å². The summed E-state index contributed by atoms with van der Waals surface area (Å²) >= 11 is 0. The monoisotopic (exact) mass is 388 g/mol. The van der Waals surface area contributed by atoms with E-state index in [1.165, 1.54) is 4.80 Å². The molecule has 0 saturated heterocycles. The zero-order valence-corrected chi connectivity index (χ0v) is 15.7. The largest absolute Gasteiger partial charge is 0.309 e. The summed E-state index contributed by atoms with van der Waals surface area (Å²) in [5, 5.41) is 19.6. The topological polar surface area (TPSA) is 103 Å². The van der Waals surface area contributed by atoms with Crippen LogP contribution in [0.3, 0.4) is 0 Å². The zero-order chi connectivity index (χ0) is 19.9. The average Bonchev–Trinajstić information content (AvgIpc) is 3.39. The molecule has 3 aromatic heterocycles. The molecule has 0 aliphatic heterocycles. The van der Waals surface area contributed by atoms with Crippen molar-refractivity contribution in [1.29, 1.82) is 0 Å². The molecular weight excluding hydrogens is 368 g/mol. The van der Waals surface area contributed by atoms with E-state index in [0.29, 0.717) is 37.6 Å². The highest BCUT2D eigenvalue weighted by molar-refractivity contribution is 5.89. The maximum Gasteiger partial charge on any atom is 0.225 e. The number of amides is 1. The van der Waals surface area contributed by atoms with E-state index in [9.17, 15) is 4.79 Å². The van der Waals surface area contributed by atoms with Gasteiger partial charge in [-0.25, -0.2) is 0 Å². The lowest BCUT2D eigenvalue weighted by molar-refractivity contribution is -0.116. The highest BCUT2D eigenvalue weighted by Crippen LogP contribution is 2.12. The highest BCUT2D eigenvalue weighted by atomic mass is 16.1. The number of aromatic nitrogens is 7. The third-order valence-corrected chi connectivity index (χ3v) is 4.21. The lowest BCUT2D eigenvalue weighted by atomic mass is 10.2. The molecule has 0 radical (unpaired) electrons. The molecular formula is C20H20N8O. The fraction of sp³-hybridized carbons (Fsp3) is 0.200. The van der Waals surface area contributed by atoms with E-state index in [2.05, 4.69) is 30.8 Å². The minimum Gasteiger partial charge on any atom is -0.309 e. The average molecular weight is 388 g/mol. The number of tetrazole rings is 1. The van der Waals surface area contributed by atoms with Crippen LogP contribution in [-0.4, -0.2) is 40.9 Å². The van der Waals surface area contributed by atoms with Gasteiger partial charge >= 0.3 is 0 Å². The van der Waals surface area contributed by atoms with Gasteiger partial charge in [0.05, 0.1) is 18.8 Å². The van der Waals surface area contributed by atoms with Crippen LogP contribution < -0.4 is 5.32 Å². The van der Waals surface area contributed by atoms with Gasteiger partial charge in [-0.15, -0.1) is 10.2 Å². The van der Waals surface area contributed by atoms with Crippen LogP contribution in [-0.2, 0) is 17.9 Å². The van der Waals surface area contributed by atoms with Crippen molar-refractivity contribution in [2.24, 2.45) is 0 Å². The molecule has 0 spiro atoms. The summed E-state index contributed by atoms with van der Waals surface area (Å²) in [4.78, 5) is 17.9. The third-order valence-electron chi connectivity index (χ3n) is 4.21. The molecule has 0 bridgehead atoms. The van der Waals surface area contributed by atoms with E-state index in [1.54, 1.807) is 16.9 Å². The first-order valence-corrected chi connectivity index (χ1v) is 9.33. The van der Waals surface area contributed by atoms with Crippen LogP contribution in [0.5, 0.6) is 0 Å². The summed E-state index contributed by atoms with van der Waals surface area (Å²) in [7, 11) is 0. The Labute approximate surface area is 167 Å². The number of nitrogens with zero attached hydrogens (tertiary/aromatic N) is 7. The van der Waals surface area contributed by atoms with Crippen LogP contribution in [0, 0.1) is 0 Å². The molecule has 0 unspecified atom stereocenters. The normalized spacial score (nSPS) is 10.8. The number of aryl methyl sites for hydroxylation is 1. The highest BCUT2D eigenvalue weighted by Gasteiger charge is 2.08. The molecule has 9 nitrogen and oxygen atoms in total. The minimum atomic E-state index is -0.100. The van der Waals surface area contributed by atoms with Gasteiger partial charge in [0.15, 0.2) is 5.82 Å². The van der Waals surface area contributed by atoms with Crippen molar-refractivity contribution in [3.8, 4) is 11.4 Å². The Morgan fingerprint density at radius 1 is 1.00 bits per heavy atom. The number of nitrogens with one attached hydrogen (secondary N) is 1. The number of hydrogen-bond acceptors (Lipinski definition) is 6. The van der Waals surface area contributed by atoms with Crippen molar-refractivity contribution in [3.63, 3.8) is 0 Å². The van der Waals surface area contributed by atoms with Crippen LogP contribution in [0.4, 0.5) is 5.82 Å². The van der Waals surface area contributed by atoms with E-state index in [-0.39, 0.29) is 5.91 Å². The summed E-state index contributed by atoms with van der Waals surface area (Å²) in [6.07, 6.45) is 4.50. The summed E-state index contributed by atoms with van der Waals surface area (Å²) in [6.45, 7) is 1.07. The SMILES string of the molecule is O=C(CCCn1nnc(-c2ccccc2)n1)Nc1ccn(Cc2ccccn2)n1. The fourth-order valence-corrected chi connectivity index (χ4v) is 2.80. The van der Waals surface area contributed by atoms with Crippen LogP contribution >= 0.6 is 0 Å². The number of rotatable bonds is 8. The van der Waals surface area contributed by atoms with Crippen LogP contribution in [0.15, 0.2) is 67.0 Å². The van der Waals surface area contributed by atoms with Gasteiger partial charge in [0.25, 0.3) is 0 Å². The standard InChI is InChI=1S/C20H20N8O/c29-19(22-18-11-14-27(24-18)15-17-9-4-5-12-21-17)10-6-13-28-25-20(23-26-28)16-7-2-1-3-8-16/h1-5,7-9,11-12,14H,6,10,13,15H2,(H,22,24,29). The van der Waals surface area contributed by atoms with E-state index < -0.39 is 0 Å². The maximum absolute atomic E-state index is 12.2. The Morgan fingerprint density at radius 2 is 1.86 bits per heavy atom. The smallest absolute Gasteiger partial charge is 0.225 e. The molecule has 0 atom stereocenters. The van der Waals surface area contributed by atoms with Crippen molar-refractivity contribution in [1.82, 2.24) is 35.0 Å². The van der Waals surface area contributed by atoms with Crippen LogP contribution in [0.2, 0.25) is 0 Å². The quantitative estimate of drug-likeness (QED) is 0.497. The van der Waals surface area contributed by atoms with E-state index in [1.807, 2.05) is 54.7 Å². The van der Waals surface area contributed by atoms with E-state index >= 15 is 0 Å². The Hall–Kier alpha value is -3.88. The first-order chi connectivity index (χ1) is 14.3. The molecule has 9 heteroatoms. The Kier molecular flexibility index (Phi) is 5.65. The van der Waals surface area contributed by atoms with Gasteiger partial charge in [0.2, 0.25) is 11.7 Å². The second-order valence-electron chi connectivity index (χ2n) is 6.45. The van der Waals surface area contributed by atoms with Crippen molar-refractivity contribution < 1.29 is 4.79 Å². The number of anilines is 1. The lowest BCUT2D eigenvalue weighted by Gasteiger charge is -2.03. The first-order valence-electron chi connectivity index (χ1n) is 9.33. The first kappa shape index (κ1) is 18.5. The van der Waals surface area contributed by atoms with Crippen molar-refractivity contribution in [2.75, 3.05) is 5.32 Å². The lowest BCUT2D eigenvalue weighted by Crippen LogP contribution is -2.14. The van der Waals surface area contributed by atoms with Gasteiger partial charge in [-0.3, -0.25) is 14.5 Å². The third kappa shape index (κ3) is 5.10. The van der Waals surface area contributed by atoms with Gasteiger partial charge in [-0.05, 0) is 23.8 Å². The number of carbonyl (C=O) groups is 1. The summed E-state index contributed by atoms with van der Waals surface area (Å²) < 4.78 is 1.74. The molecule has 0 aliphatic rings. The Morgan fingerprint density at radius 3 is 2.69 bits per heavy atom. The Bertz CT molecular complexity index is 1060. The predicted molar refractivity (Wildman–Crippen MR) is 107 cm³/mol. The number of carbonyl (C=O) groups excluding carboxylic acids is 1.